The Morgan fingerprint density at radius 2 is 1.84 bits per heavy atom. The number of carbonyl (C=O) groups excluding carboxylic acids is 1. The Morgan fingerprint density at radius 3 is 2.52 bits per heavy atom. The first-order valence-electron chi connectivity index (χ1n) is 9.03. The third kappa shape index (κ3) is 3.23. The first-order chi connectivity index (χ1) is 12.2. The monoisotopic (exact) mass is 340 g/mol. The van der Waals surface area contributed by atoms with E-state index in [-0.39, 0.29) is 5.91 Å². The molecule has 2 aliphatic rings. The van der Waals surface area contributed by atoms with E-state index < -0.39 is 0 Å². The van der Waals surface area contributed by atoms with Crippen LogP contribution in [0.2, 0.25) is 0 Å². The number of hydrogen-bond acceptors (Lipinski definition) is 5. The Labute approximate surface area is 147 Å². The van der Waals surface area contributed by atoms with Crippen molar-refractivity contribution in [1.29, 1.82) is 0 Å². The molecule has 2 aromatic heterocycles. The summed E-state index contributed by atoms with van der Waals surface area (Å²) in [5, 5.41) is 6.82. The second-order valence-corrected chi connectivity index (χ2v) is 7.08. The maximum atomic E-state index is 12.6. The summed E-state index contributed by atoms with van der Waals surface area (Å²) in [7, 11) is 0. The first kappa shape index (κ1) is 16.1. The smallest absolute Gasteiger partial charge is 0.257 e. The van der Waals surface area contributed by atoms with Gasteiger partial charge in [-0.1, -0.05) is 0 Å². The average Bonchev–Trinajstić information content (AvgIpc) is 3.31. The SMILES string of the molecule is Cc1[nH]ncc1C(=O)N1CC[C@@H](C2CCN(c3ncccn3)CC2)C1. The van der Waals surface area contributed by atoms with Crippen molar-refractivity contribution in [3.63, 3.8) is 0 Å². The molecule has 1 amide bonds. The maximum Gasteiger partial charge on any atom is 0.257 e. The van der Waals surface area contributed by atoms with Gasteiger partial charge in [0, 0.05) is 44.3 Å². The van der Waals surface area contributed by atoms with Crippen LogP contribution in [0.25, 0.3) is 0 Å². The molecule has 2 fully saturated rings. The number of aryl methyl sites for hydroxylation is 1. The summed E-state index contributed by atoms with van der Waals surface area (Å²) in [6, 6.07) is 1.85. The standard InChI is InChI=1S/C18H24N6O/c1-13-16(11-21-22-13)17(25)24-10-5-15(12-24)14-3-8-23(9-4-14)18-19-6-2-7-20-18/h2,6-7,11,14-15H,3-5,8-10,12H2,1H3,(H,21,22)/t15-/m1/s1. The molecular weight excluding hydrogens is 316 g/mol. The molecule has 7 heteroatoms. The zero-order valence-electron chi connectivity index (χ0n) is 14.6. The molecule has 0 bridgehead atoms. The van der Waals surface area contributed by atoms with Crippen LogP contribution in [0, 0.1) is 18.8 Å². The molecule has 0 radical (unpaired) electrons. The van der Waals surface area contributed by atoms with Crippen LogP contribution < -0.4 is 4.90 Å². The van der Waals surface area contributed by atoms with E-state index in [2.05, 4.69) is 25.1 Å². The number of piperidine rings is 1. The second kappa shape index (κ2) is 6.82. The molecule has 0 spiro atoms. The minimum Gasteiger partial charge on any atom is -0.341 e. The molecule has 4 rings (SSSR count). The van der Waals surface area contributed by atoms with Crippen LogP contribution in [0.3, 0.4) is 0 Å². The Morgan fingerprint density at radius 1 is 1.12 bits per heavy atom. The minimum absolute atomic E-state index is 0.115. The number of aromatic nitrogens is 4. The van der Waals surface area contributed by atoms with Gasteiger partial charge in [0.15, 0.2) is 0 Å². The van der Waals surface area contributed by atoms with E-state index in [0.29, 0.717) is 17.4 Å². The van der Waals surface area contributed by atoms with Gasteiger partial charge in [0.2, 0.25) is 5.95 Å². The Hall–Kier alpha value is -2.44. The molecule has 7 nitrogen and oxygen atoms in total. The molecule has 2 aliphatic heterocycles. The third-order valence-electron chi connectivity index (χ3n) is 5.61. The Balaban J connectivity index is 1.33. The van der Waals surface area contributed by atoms with Crippen molar-refractivity contribution in [2.45, 2.75) is 26.2 Å². The Kier molecular flexibility index (Phi) is 4.38. The predicted octanol–water partition coefficient (Wildman–Crippen LogP) is 1.89. The van der Waals surface area contributed by atoms with Crippen LogP contribution >= 0.6 is 0 Å². The summed E-state index contributed by atoms with van der Waals surface area (Å²) in [6.07, 6.45) is 8.64. The zero-order valence-corrected chi connectivity index (χ0v) is 14.6. The van der Waals surface area contributed by atoms with E-state index in [0.717, 1.165) is 57.1 Å². The van der Waals surface area contributed by atoms with Crippen LogP contribution in [-0.2, 0) is 0 Å². The fourth-order valence-corrected chi connectivity index (χ4v) is 4.12. The molecule has 1 N–H and O–H groups in total. The van der Waals surface area contributed by atoms with E-state index in [1.165, 1.54) is 0 Å². The number of hydrogen-bond donors (Lipinski definition) is 1. The number of likely N-dealkylation sites (tertiary alicyclic amines) is 1. The second-order valence-electron chi connectivity index (χ2n) is 7.08. The van der Waals surface area contributed by atoms with Crippen LogP contribution in [0.1, 0.15) is 35.3 Å². The summed E-state index contributed by atoms with van der Waals surface area (Å²) < 4.78 is 0. The maximum absolute atomic E-state index is 12.6. The number of carbonyl (C=O) groups is 1. The molecule has 0 unspecified atom stereocenters. The highest BCUT2D eigenvalue weighted by molar-refractivity contribution is 5.95. The molecule has 0 aromatic carbocycles. The number of nitrogens with one attached hydrogen (secondary N) is 1. The lowest BCUT2D eigenvalue weighted by Crippen LogP contribution is -2.38. The summed E-state index contributed by atoms with van der Waals surface area (Å²) in [4.78, 5) is 25.6. The van der Waals surface area contributed by atoms with Crippen molar-refractivity contribution in [1.82, 2.24) is 25.1 Å². The summed E-state index contributed by atoms with van der Waals surface area (Å²) in [5.41, 5.74) is 1.56. The fraction of sp³-hybridized carbons (Fsp3) is 0.556. The lowest BCUT2D eigenvalue weighted by atomic mass is 9.84. The molecule has 0 aliphatic carbocycles. The molecule has 2 aromatic rings. The van der Waals surface area contributed by atoms with Gasteiger partial charge in [-0.15, -0.1) is 0 Å². The lowest BCUT2D eigenvalue weighted by molar-refractivity contribution is 0.0780. The van der Waals surface area contributed by atoms with Crippen molar-refractivity contribution >= 4 is 11.9 Å². The van der Waals surface area contributed by atoms with Crippen LogP contribution in [0.4, 0.5) is 5.95 Å². The van der Waals surface area contributed by atoms with E-state index in [1.54, 1.807) is 18.6 Å². The Bertz CT molecular complexity index is 722. The quantitative estimate of drug-likeness (QED) is 0.923. The number of aromatic amines is 1. The number of nitrogens with zero attached hydrogens (tertiary/aromatic N) is 5. The fourth-order valence-electron chi connectivity index (χ4n) is 4.12. The zero-order chi connectivity index (χ0) is 17.2. The predicted molar refractivity (Wildman–Crippen MR) is 94.3 cm³/mol. The van der Waals surface area contributed by atoms with Gasteiger partial charge in [-0.2, -0.15) is 5.10 Å². The van der Waals surface area contributed by atoms with Crippen LogP contribution in [0.15, 0.2) is 24.7 Å². The van der Waals surface area contributed by atoms with Gasteiger partial charge < -0.3 is 9.80 Å². The van der Waals surface area contributed by atoms with E-state index in [1.807, 2.05) is 17.9 Å². The number of rotatable bonds is 3. The molecule has 25 heavy (non-hydrogen) atoms. The molecule has 1 atom stereocenters. The van der Waals surface area contributed by atoms with E-state index in [4.69, 9.17) is 0 Å². The highest BCUT2D eigenvalue weighted by Gasteiger charge is 2.34. The minimum atomic E-state index is 0.115. The third-order valence-corrected chi connectivity index (χ3v) is 5.61. The van der Waals surface area contributed by atoms with Crippen molar-refractivity contribution in [2.24, 2.45) is 11.8 Å². The van der Waals surface area contributed by atoms with Crippen LogP contribution in [-0.4, -0.2) is 57.2 Å². The normalized spacial score (nSPS) is 21.7. The molecular formula is C18H24N6O. The highest BCUT2D eigenvalue weighted by Crippen LogP contribution is 2.33. The summed E-state index contributed by atoms with van der Waals surface area (Å²) in [6.45, 7) is 5.63. The van der Waals surface area contributed by atoms with Gasteiger partial charge in [-0.25, -0.2) is 9.97 Å². The molecule has 4 heterocycles. The number of H-pyrrole nitrogens is 1. The van der Waals surface area contributed by atoms with Gasteiger partial charge in [-0.3, -0.25) is 9.89 Å². The molecule has 132 valence electrons. The average molecular weight is 340 g/mol. The topological polar surface area (TPSA) is 78.0 Å². The first-order valence-corrected chi connectivity index (χ1v) is 9.03. The lowest BCUT2D eigenvalue weighted by Gasteiger charge is -2.34. The van der Waals surface area contributed by atoms with Gasteiger partial charge in [0.05, 0.1) is 11.8 Å². The van der Waals surface area contributed by atoms with Crippen LogP contribution in [0.5, 0.6) is 0 Å². The highest BCUT2D eigenvalue weighted by atomic mass is 16.2. The summed E-state index contributed by atoms with van der Waals surface area (Å²) in [5.74, 6) is 2.24. The van der Waals surface area contributed by atoms with Gasteiger partial charge >= 0.3 is 0 Å². The van der Waals surface area contributed by atoms with Gasteiger partial charge in [0.1, 0.15) is 0 Å². The van der Waals surface area contributed by atoms with Crippen molar-refractivity contribution < 1.29 is 4.79 Å². The van der Waals surface area contributed by atoms with Gasteiger partial charge in [0.25, 0.3) is 5.91 Å². The largest absolute Gasteiger partial charge is 0.341 e. The molecule has 2 saturated heterocycles. The number of anilines is 1. The van der Waals surface area contributed by atoms with E-state index in [9.17, 15) is 4.79 Å². The van der Waals surface area contributed by atoms with Crippen molar-refractivity contribution in [3.05, 3.63) is 35.9 Å². The molecule has 0 saturated carbocycles. The summed E-state index contributed by atoms with van der Waals surface area (Å²) >= 11 is 0. The van der Waals surface area contributed by atoms with E-state index >= 15 is 0 Å². The number of amides is 1. The van der Waals surface area contributed by atoms with Crippen molar-refractivity contribution in [2.75, 3.05) is 31.1 Å². The van der Waals surface area contributed by atoms with Crippen molar-refractivity contribution in [3.8, 4) is 0 Å². The van der Waals surface area contributed by atoms with Gasteiger partial charge in [-0.05, 0) is 44.1 Å².